The number of Topliss-reactive ketones (excluding diaryl/α,β-unsaturated/α-hetero) is 1. The SMILES string of the molecule is C=C(CC)CC(=O)C1SCCSC1C. The first kappa shape index (κ1) is 12.2. The number of thioether (sulfide) groups is 2. The summed E-state index contributed by atoms with van der Waals surface area (Å²) in [7, 11) is 0. The van der Waals surface area contributed by atoms with Crippen molar-refractivity contribution in [3.63, 3.8) is 0 Å². The van der Waals surface area contributed by atoms with Gasteiger partial charge in [-0.2, -0.15) is 11.8 Å². The Hall–Kier alpha value is 0.110. The molecule has 0 N–H and O–H groups in total. The molecular weight excluding hydrogens is 212 g/mol. The van der Waals surface area contributed by atoms with Crippen LogP contribution >= 0.6 is 23.5 Å². The van der Waals surface area contributed by atoms with Crippen LogP contribution in [0.3, 0.4) is 0 Å². The summed E-state index contributed by atoms with van der Waals surface area (Å²) in [6.45, 7) is 8.11. The van der Waals surface area contributed by atoms with Crippen LogP contribution in [-0.4, -0.2) is 27.8 Å². The van der Waals surface area contributed by atoms with Crippen molar-refractivity contribution in [2.45, 2.75) is 37.2 Å². The van der Waals surface area contributed by atoms with Crippen LogP contribution in [-0.2, 0) is 4.79 Å². The van der Waals surface area contributed by atoms with E-state index in [0.29, 0.717) is 17.5 Å². The molecule has 1 heterocycles. The van der Waals surface area contributed by atoms with Crippen LogP contribution in [0, 0.1) is 0 Å². The van der Waals surface area contributed by atoms with Crippen LogP contribution in [0.25, 0.3) is 0 Å². The third-order valence-electron chi connectivity index (χ3n) is 2.43. The second kappa shape index (κ2) is 5.86. The van der Waals surface area contributed by atoms with Gasteiger partial charge in [0.25, 0.3) is 0 Å². The van der Waals surface area contributed by atoms with Gasteiger partial charge in [0.05, 0.1) is 5.25 Å². The summed E-state index contributed by atoms with van der Waals surface area (Å²) in [4.78, 5) is 11.9. The Labute approximate surface area is 95.1 Å². The minimum Gasteiger partial charge on any atom is -0.298 e. The number of carbonyl (C=O) groups is 1. The zero-order chi connectivity index (χ0) is 10.6. The van der Waals surface area contributed by atoms with Crippen LogP contribution in [0.5, 0.6) is 0 Å². The lowest BCUT2D eigenvalue weighted by Gasteiger charge is -2.26. The molecule has 2 unspecified atom stereocenters. The number of rotatable bonds is 4. The Bertz CT molecular complexity index is 225. The van der Waals surface area contributed by atoms with Gasteiger partial charge in [-0.15, -0.1) is 11.8 Å². The average Bonchev–Trinajstić information content (AvgIpc) is 2.18. The van der Waals surface area contributed by atoms with Gasteiger partial charge in [0.2, 0.25) is 0 Å². The molecule has 1 rings (SSSR count). The van der Waals surface area contributed by atoms with E-state index in [1.807, 2.05) is 23.5 Å². The molecule has 80 valence electrons. The second-order valence-corrected chi connectivity index (χ2v) is 6.35. The van der Waals surface area contributed by atoms with E-state index in [4.69, 9.17) is 0 Å². The molecule has 0 bridgehead atoms. The van der Waals surface area contributed by atoms with Crippen LogP contribution in [0.1, 0.15) is 26.7 Å². The monoisotopic (exact) mass is 230 g/mol. The fraction of sp³-hybridized carbons (Fsp3) is 0.727. The maximum Gasteiger partial charge on any atom is 0.150 e. The smallest absolute Gasteiger partial charge is 0.150 e. The molecule has 3 heteroatoms. The number of hydrogen-bond acceptors (Lipinski definition) is 3. The fourth-order valence-corrected chi connectivity index (χ4v) is 4.19. The van der Waals surface area contributed by atoms with Crippen molar-refractivity contribution in [2.24, 2.45) is 0 Å². The highest BCUT2D eigenvalue weighted by Gasteiger charge is 2.28. The van der Waals surface area contributed by atoms with Gasteiger partial charge in [-0.05, 0) is 6.42 Å². The third kappa shape index (κ3) is 3.35. The van der Waals surface area contributed by atoms with E-state index in [1.165, 1.54) is 5.75 Å². The van der Waals surface area contributed by atoms with Gasteiger partial charge in [-0.3, -0.25) is 4.79 Å². The Kier molecular flexibility index (Phi) is 5.10. The summed E-state index contributed by atoms with van der Waals surface area (Å²) in [6.07, 6.45) is 1.50. The summed E-state index contributed by atoms with van der Waals surface area (Å²) in [5, 5.41) is 0.683. The predicted molar refractivity (Wildman–Crippen MR) is 67.2 cm³/mol. The minimum atomic E-state index is 0.206. The molecule has 0 aromatic heterocycles. The maximum absolute atomic E-state index is 11.9. The second-order valence-electron chi connectivity index (χ2n) is 3.61. The highest BCUT2D eigenvalue weighted by atomic mass is 32.2. The van der Waals surface area contributed by atoms with Crippen LogP contribution in [0.2, 0.25) is 0 Å². The van der Waals surface area contributed by atoms with Gasteiger partial charge in [-0.25, -0.2) is 0 Å². The largest absolute Gasteiger partial charge is 0.298 e. The van der Waals surface area contributed by atoms with E-state index >= 15 is 0 Å². The van der Waals surface area contributed by atoms with Crippen molar-refractivity contribution in [3.8, 4) is 0 Å². The molecule has 1 aliphatic rings. The summed E-state index contributed by atoms with van der Waals surface area (Å²) >= 11 is 3.74. The highest BCUT2D eigenvalue weighted by Crippen LogP contribution is 2.32. The number of hydrogen-bond donors (Lipinski definition) is 0. The summed E-state index contributed by atoms with van der Waals surface area (Å²) in [5.41, 5.74) is 1.07. The van der Waals surface area contributed by atoms with Crippen molar-refractivity contribution in [1.82, 2.24) is 0 Å². The number of ketones is 1. The molecule has 14 heavy (non-hydrogen) atoms. The van der Waals surface area contributed by atoms with E-state index in [1.54, 1.807) is 0 Å². The van der Waals surface area contributed by atoms with Crippen molar-refractivity contribution in [1.29, 1.82) is 0 Å². The number of allylic oxidation sites excluding steroid dienone is 1. The van der Waals surface area contributed by atoms with Crippen molar-refractivity contribution < 1.29 is 4.79 Å². The zero-order valence-corrected chi connectivity index (χ0v) is 10.5. The quantitative estimate of drug-likeness (QED) is 0.691. The topological polar surface area (TPSA) is 17.1 Å². The lowest BCUT2D eigenvalue weighted by Crippen LogP contribution is -2.31. The summed E-state index contributed by atoms with van der Waals surface area (Å²) in [6, 6.07) is 0. The molecule has 1 nitrogen and oxygen atoms in total. The molecule has 0 amide bonds. The lowest BCUT2D eigenvalue weighted by atomic mass is 10.1. The minimum absolute atomic E-state index is 0.206. The van der Waals surface area contributed by atoms with E-state index in [9.17, 15) is 4.79 Å². The van der Waals surface area contributed by atoms with E-state index in [2.05, 4.69) is 20.4 Å². The molecule has 0 radical (unpaired) electrons. The highest BCUT2D eigenvalue weighted by molar-refractivity contribution is 8.07. The van der Waals surface area contributed by atoms with E-state index in [0.717, 1.165) is 17.7 Å². The third-order valence-corrected chi connectivity index (χ3v) is 5.57. The summed E-state index contributed by atoms with van der Waals surface area (Å²) < 4.78 is 0. The molecule has 0 spiro atoms. The molecule has 0 aliphatic carbocycles. The van der Waals surface area contributed by atoms with Crippen molar-refractivity contribution in [2.75, 3.05) is 11.5 Å². The standard InChI is InChI=1S/C11H18OS2/c1-4-8(2)7-10(12)11-9(3)13-5-6-14-11/h9,11H,2,4-7H2,1,3H3. The molecule has 0 saturated carbocycles. The molecule has 1 fully saturated rings. The first-order valence-electron chi connectivity index (χ1n) is 5.07. The van der Waals surface area contributed by atoms with E-state index < -0.39 is 0 Å². The van der Waals surface area contributed by atoms with Gasteiger partial charge >= 0.3 is 0 Å². The zero-order valence-electron chi connectivity index (χ0n) is 8.91. The molecular formula is C11H18OS2. The van der Waals surface area contributed by atoms with Gasteiger partial charge in [0, 0.05) is 23.2 Å². The Morgan fingerprint density at radius 1 is 1.43 bits per heavy atom. The Morgan fingerprint density at radius 3 is 2.64 bits per heavy atom. The molecule has 1 aliphatic heterocycles. The molecule has 2 atom stereocenters. The number of carbonyl (C=O) groups excluding carboxylic acids is 1. The van der Waals surface area contributed by atoms with Gasteiger partial charge < -0.3 is 0 Å². The van der Waals surface area contributed by atoms with E-state index in [-0.39, 0.29) is 5.25 Å². The lowest BCUT2D eigenvalue weighted by molar-refractivity contribution is -0.117. The molecule has 0 aromatic carbocycles. The maximum atomic E-state index is 11.9. The van der Waals surface area contributed by atoms with Crippen LogP contribution in [0.15, 0.2) is 12.2 Å². The first-order chi connectivity index (χ1) is 6.65. The van der Waals surface area contributed by atoms with Crippen LogP contribution in [0.4, 0.5) is 0 Å². The Morgan fingerprint density at radius 2 is 2.07 bits per heavy atom. The van der Waals surface area contributed by atoms with Crippen molar-refractivity contribution in [3.05, 3.63) is 12.2 Å². The van der Waals surface area contributed by atoms with Gasteiger partial charge in [0.15, 0.2) is 5.78 Å². The van der Waals surface area contributed by atoms with Gasteiger partial charge in [-0.1, -0.05) is 26.0 Å². The fourth-order valence-electron chi connectivity index (χ4n) is 1.46. The van der Waals surface area contributed by atoms with Crippen LogP contribution < -0.4 is 0 Å². The normalized spacial score (nSPS) is 27.3. The predicted octanol–water partition coefficient (Wildman–Crippen LogP) is 3.15. The first-order valence-corrected chi connectivity index (χ1v) is 7.17. The molecule has 1 saturated heterocycles. The molecule has 0 aromatic rings. The average molecular weight is 230 g/mol. The Balaban J connectivity index is 2.46. The van der Waals surface area contributed by atoms with Gasteiger partial charge in [0.1, 0.15) is 0 Å². The van der Waals surface area contributed by atoms with Crippen molar-refractivity contribution >= 4 is 29.3 Å². The summed E-state index contributed by atoms with van der Waals surface area (Å²) in [5.74, 6) is 2.68.